The number of alkyl halides is 3. The molecule has 1 aromatic carbocycles. The molecule has 0 bridgehead atoms. The molecule has 1 aromatic heterocycles. The van der Waals surface area contributed by atoms with Crippen molar-refractivity contribution in [2.45, 2.75) is 25.4 Å². The molecule has 0 N–H and O–H groups in total. The molecule has 0 aliphatic heterocycles. The van der Waals surface area contributed by atoms with Crippen LogP contribution >= 0.6 is 11.6 Å². The second-order valence-corrected chi connectivity index (χ2v) is 5.25. The molecule has 0 saturated heterocycles. The molecule has 0 amide bonds. The van der Waals surface area contributed by atoms with Crippen molar-refractivity contribution < 1.29 is 17.6 Å². The molecular weight excluding hydrogens is 319 g/mol. The number of benzene rings is 1. The average Bonchev–Trinajstić information content (AvgIpc) is 2.84. The number of halogens is 4. The summed E-state index contributed by atoms with van der Waals surface area (Å²) in [6.45, 7) is 0. The Morgan fingerprint density at radius 1 is 1.18 bits per heavy atom. The molecule has 0 atom stereocenters. The number of nitrogens with zero attached hydrogens (tertiary/aromatic N) is 3. The lowest BCUT2D eigenvalue weighted by atomic mass is 9.83. The van der Waals surface area contributed by atoms with E-state index in [1.807, 2.05) is 0 Å². The molecule has 2 rings (SSSR count). The third-order valence-corrected chi connectivity index (χ3v) is 3.35. The Hall–Kier alpha value is -2.25. The maximum atomic E-state index is 12.3. The van der Waals surface area contributed by atoms with Crippen LogP contribution in [0.15, 0.2) is 22.6 Å². The molecule has 8 heteroatoms. The van der Waals surface area contributed by atoms with Crippen LogP contribution in [0.4, 0.5) is 13.2 Å². The van der Waals surface area contributed by atoms with E-state index >= 15 is 0 Å². The topological polar surface area (TPSA) is 73.6 Å². The summed E-state index contributed by atoms with van der Waals surface area (Å²) in [5.74, 6) is 0.0301. The molecule has 114 valence electrons. The van der Waals surface area contributed by atoms with Gasteiger partial charge in [0.25, 0.3) is 0 Å². The van der Waals surface area contributed by atoms with Crippen molar-refractivity contribution in [3.63, 3.8) is 0 Å². The SMILES string of the molecule is N#CC(C#N)(CCC(F)(F)F)Cc1nc2cc(Cl)ccc2o1. The van der Waals surface area contributed by atoms with E-state index in [-0.39, 0.29) is 12.3 Å². The first kappa shape index (κ1) is 16.1. The Balaban J connectivity index is 2.26. The number of hydrogen-bond donors (Lipinski definition) is 0. The maximum absolute atomic E-state index is 12.3. The quantitative estimate of drug-likeness (QED) is 0.834. The van der Waals surface area contributed by atoms with Crippen LogP contribution in [0, 0.1) is 28.1 Å². The maximum Gasteiger partial charge on any atom is 0.389 e. The average molecular weight is 328 g/mol. The first-order valence-electron chi connectivity index (χ1n) is 6.21. The van der Waals surface area contributed by atoms with E-state index < -0.39 is 24.4 Å². The first-order valence-corrected chi connectivity index (χ1v) is 6.59. The fourth-order valence-electron chi connectivity index (χ4n) is 1.94. The molecule has 0 spiro atoms. The van der Waals surface area contributed by atoms with Gasteiger partial charge in [-0.05, 0) is 24.6 Å². The number of oxazole rings is 1. The molecule has 0 aliphatic carbocycles. The van der Waals surface area contributed by atoms with Gasteiger partial charge in [0.15, 0.2) is 16.9 Å². The summed E-state index contributed by atoms with van der Waals surface area (Å²) in [5.41, 5.74) is -1.02. The van der Waals surface area contributed by atoms with Crippen LogP contribution in [-0.4, -0.2) is 11.2 Å². The highest BCUT2D eigenvalue weighted by Gasteiger charge is 2.38. The number of aromatic nitrogens is 1. The molecule has 4 nitrogen and oxygen atoms in total. The van der Waals surface area contributed by atoms with E-state index in [4.69, 9.17) is 26.5 Å². The number of fused-ring (bicyclic) bond motifs is 1. The normalized spacial score (nSPS) is 12.1. The summed E-state index contributed by atoms with van der Waals surface area (Å²) in [7, 11) is 0. The van der Waals surface area contributed by atoms with E-state index in [1.165, 1.54) is 6.07 Å². The molecule has 0 saturated carbocycles. The summed E-state index contributed by atoms with van der Waals surface area (Å²) in [4.78, 5) is 4.06. The van der Waals surface area contributed by atoms with Gasteiger partial charge in [-0.25, -0.2) is 4.98 Å². The Morgan fingerprint density at radius 3 is 2.45 bits per heavy atom. The van der Waals surface area contributed by atoms with E-state index in [1.54, 1.807) is 24.3 Å². The minimum atomic E-state index is -4.44. The molecular formula is C14H9ClF3N3O. The Morgan fingerprint density at radius 2 is 1.86 bits per heavy atom. The van der Waals surface area contributed by atoms with Crippen molar-refractivity contribution in [2.75, 3.05) is 0 Å². The van der Waals surface area contributed by atoms with Gasteiger partial charge in [0.2, 0.25) is 0 Å². The largest absolute Gasteiger partial charge is 0.441 e. The van der Waals surface area contributed by atoms with Crippen LogP contribution in [0.1, 0.15) is 18.7 Å². The third kappa shape index (κ3) is 3.69. The van der Waals surface area contributed by atoms with Gasteiger partial charge in [-0.1, -0.05) is 11.6 Å². The highest BCUT2D eigenvalue weighted by molar-refractivity contribution is 6.31. The molecule has 22 heavy (non-hydrogen) atoms. The predicted octanol–water partition coefficient (Wildman–Crippen LogP) is 4.40. The third-order valence-electron chi connectivity index (χ3n) is 3.11. The van der Waals surface area contributed by atoms with Crippen LogP contribution in [0.3, 0.4) is 0 Å². The smallest absolute Gasteiger partial charge is 0.389 e. The van der Waals surface area contributed by atoms with Crippen LogP contribution in [0.2, 0.25) is 5.02 Å². The number of nitriles is 2. The summed E-state index contributed by atoms with van der Waals surface area (Å²) < 4.78 is 42.4. The minimum absolute atomic E-state index is 0.0301. The molecule has 1 heterocycles. The highest BCUT2D eigenvalue weighted by Crippen LogP contribution is 2.33. The number of rotatable bonds is 4. The monoisotopic (exact) mass is 327 g/mol. The van der Waals surface area contributed by atoms with Crippen LogP contribution in [0.5, 0.6) is 0 Å². The molecule has 2 aromatic rings. The highest BCUT2D eigenvalue weighted by atomic mass is 35.5. The fourth-order valence-corrected chi connectivity index (χ4v) is 2.11. The fraction of sp³-hybridized carbons (Fsp3) is 0.357. The van der Waals surface area contributed by atoms with Crippen LogP contribution in [-0.2, 0) is 6.42 Å². The van der Waals surface area contributed by atoms with Gasteiger partial charge in [0, 0.05) is 11.4 Å². The molecule has 0 fully saturated rings. The second kappa shape index (κ2) is 5.86. The van der Waals surface area contributed by atoms with Crippen molar-refractivity contribution in [1.29, 1.82) is 10.5 Å². The summed E-state index contributed by atoms with van der Waals surface area (Å²) in [6.07, 6.45) is -6.61. The second-order valence-electron chi connectivity index (χ2n) is 4.82. The van der Waals surface area contributed by atoms with Gasteiger partial charge in [-0.3, -0.25) is 0 Å². The van der Waals surface area contributed by atoms with Gasteiger partial charge in [0.05, 0.1) is 18.6 Å². The van der Waals surface area contributed by atoms with E-state index in [0.717, 1.165) is 0 Å². The standard InChI is InChI=1S/C14H9ClF3N3O/c15-9-1-2-11-10(5-9)21-12(22-11)6-13(7-19,8-20)3-4-14(16,17)18/h1-2,5H,3-4,6H2. The van der Waals surface area contributed by atoms with Gasteiger partial charge in [-0.15, -0.1) is 0 Å². The van der Waals surface area contributed by atoms with E-state index in [9.17, 15) is 13.2 Å². The van der Waals surface area contributed by atoms with Crippen LogP contribution in [0.25, 0.3) is 11.1 Å². The number of hydrogen-bond acceptors (Lipinski definition) is 4. The molecule has 0 radical (unpaired) electrons. The van der Waals surface area contributed by atoms with Gasteiger partial charge in [-0.2, -0.15) is 23.7 Å². The summed E-state index contributed by atoms with van der Waals surface area (Å²) in [6, 6.07) is 7.97. The lowest BCUT2D eigenvalue weighted by Gasteiger charge is -2.17. The molecule has 0 unspecified atom stereocenters. The summed E-state index contributed by atoms with van der Waals surface area (Å²) >= 11 is 5.80. The molecule has 0 aliphatic rings. The Kier molecular flexibility index (Phi) is 4.30. The lowest BCUT2D eigenvalue weighted by Crippen LogP contribution is -2.23. The van der Waals surface area contributed by atoms with Crippen LogP contribution < -0.4 is 0 Å². The van der Waals surface area contributed by atoms with E-state index in [0.29, 0.717) is 16.1 Å². The zero-order valence-corrected chi connectivity index (χ0v) is 11.9. The van der Waals surface area contributed by atoms with Crippen molar-refractivity contribution in [1.82, 2.24) is 4.98 Å². The zero-order valence-electron chi connectivity index (χ0n) is 11.1. The summed E-state index contributed by atoms with van der Waals surface area (Å²) in [5, 5.41) is 18.7. The van der Waals surface area contributed by atoms with E-state index in [2.05, 4.69) is 4.98 Å². The van der Waals surface area contributed by atoms with Gasteiger partial charge >= 0.3 is 6.18 Å². The van der Waals surface area contributed by atoms with Crippen molar-refractivity contribution in [3.8, 4) is 12.1 Å². The van der Waals surface area contributed by atoms with Crippen molar-refractivity contribution >= 4 is 22.7 Å². The van der Waals surface area contributed by atoms with Gasteiger partial charge in [0.1, 0.15) is 5.52 Å². The van der Waals surface area contributed by atoms with Crippen molar-refractivity contribution in [2.24, 2.45) is 5.41 Å². The zero-order chi connectivity index (χ0) is 16.4. The predicted molar refractivity (Wildman–Crippen MR) is 71.7 cm³/mol. The Bertz CT molecular complexity index is 756. The van der Waals surface area contributed by atoms with Crippen molar-refractivity contribution in [3.05, 3.63) is 29.1 Å². The lowest BCUT2D eigenvalue weighted by molar-refractivity contribution is -0.138. The first-order chi connectivity index (χ1) is 10.3. The minimum Gasteiger partial charge on any atom is -0.441 e. The Labute approximate surface area is 128 Å². The van der Waals surface area contributed by atoms with Gasteiger partial charge < -0.3 is 4.42 Å².